The number of carbonyl (C=O) groups is 3. The minimum absolute atomic E-state index is 0.0981. The Balaban J connectivity index is 2.60. The van der Waals surface area contributed by atoms with E-state index in [2.05, 4.69) is 9.73 Å². The molecule has 1 aliphatic rings. The number of ether oxygens (including phenoxy) is 1. The summed E-state index contributed by atoms with van der Waals surface area (Å²) in [7, 11) is 1.23. The number of rotatable bonds is 2. The monoisotopic (exact) mass is 184 g/mol. The molecule has 70 valence electrons. The minimum atomic E-state index is -0.704. The molecule has 0 aromatic heterocycles. The van der Waals surface area contributed by atoms with Crippen molar-refractivity contribution < 1.29 is 19.1 Å². The minimum Gasteiger partial charge on any atom is -0.469 e. The Morgan fingerprint density at radius 2 is 2.38 bits per heavy atom. The molecule has 1 atom stereocenters. The average Bonchev–Trinajstić information content (AvgIpc) is 2.09. The summed E-state index contributed by atoms with van der Waals surface area (Å²) >= 11 is 0. The average molecular weight is 184 g/mol. The first kappa shape index (κ1) is 9.37. The zero-order valence-corrected chi connectivity index (χ0v) is 6.94. The molecule has 0 spiro atoms. The summed E-state index contributed by atoms with van der Waals surface area (Å²) in [5, 5.41) is 1.98. The second-order valence-electron chi connectivity index (χ2n) is 2.46. The smallest absolute Gasteiger partial charge is 0.347 e. The second kappa shape index (κ2) is 3.79. The van der Waals surface area contributed by atoms with Gasteiger partial charge in [0.15, 0.2) is 0 Å². The first-order chi connectivity index (χ1) is 6.13. The Morgan fingerprint density at radius 3 is 2.92 bits per heavy atom. The summed E-state index contributed by atoms with van der Waals surface area (Å²) in [6.07, 6.45) is 1.05. The molecule has 0 bridgehead atoms. The van der Waals surface area contributed by atoms with Crippen molar-refractivity contribution in [1.29, 1.82) is 0 Å². The van der Waals surface area contributed by atoms with Gasteiger partial charge in [0.1, 0.15) is 0 Å². The van der Waals surface area contributed by atoms with E-state index in [-0.39, 0.29) is 6.42 Å². The van der Waals surface area contributed by atoms with Crippen LogP contribution < -0.4 is 5.32 Å². The van der Waals surface area contributed by atoms with Crippen LogP contribution in [0.4, 0.5) is 4.79 Å². The van der Waals surface area contributed by atoms with Gasteiger partial charge in [0.2, 0.25) is 5.91 Å². The van der Waals surface area contributed by atoms with Crippen LogP contribution in [-0.4, -0.2) is 31.2 Å². The van der Waals surface area contributed by atoms with Crippen LogP contribution in [0.15, 0.2) is 4.99 Å². The molecule has 0 aromatic rings. The van der Waals surface area contributed by atoms with E-state index in [9.17, 15) is 14.4 Å². The fourth-order valence-electron chi connectivity index (χ4n) is 0.864. The van der Waals surface area contributed by atoms with Crippen LogP contribution in [-0.2, 0) is 14.3 Å². The predicted molar refractivity (Wildman–Crippen MR) is 42.2 cm³/mol. The molecule has 6 nitrogen and oxygen atoms in total. The first-order valence-corrected chi connectivity index (χ1v) is 3.59. The molecule has 1 aliphatic heterocycles. The number of carbonyl (C=O) groups excluding carboxylic acids is 3. The van der Waals surface area contributed by atoms with E-state index in [0.717, 1.165) is 6.21 Å². The normalized spacial score (nSPS) is 21.2. The number of imide groups is 1. The Morgan fingerprint density at radius 1 is 1.69 bits per heavy atom. The molecule has 6 heteroatoms. The van der Waals surface area contributed by atoms with Gasteiger partial charge in [0.05, 0.1) is 19.4 Å². The summed E-state index contributed by atoms with van der Waals surface area (Å²) in [5.74, 6) is -1.74. The number of methoxy groups -OCH3 is 1. The van der Waals surface area contributed by atoms with Crippen molar-refractivity contribution in [2.75, 3.05) is 7.11 Å². The maximum Gasteiger partial charge on any atom is 0.347 e. The molecule has 0 fully saturated rings. The zero-order valence-electron chi connectivity index (χ0n) is 6.94. The van der Waals surface area contributed by atoms with Gasteiger partial charge in [-0.25, -0.2) is 9.79 Å². The summed E-state index contributed by atoms with van der Waals surface area (Å²) in [5.41, 5.74) is 0. The Bertz CT molecular complexity index is 284. The fourth-order valence-corrected chi connectivity index (χ4v) is 0.864. The van der Waals surface area contributed by atoms with E-state index in [1.165, 1.54) is 7.11 Å². The lowest BCUT2D eigenvalue weighted by Crippen LogP contribution is -2.39. The zero-order chi connectivity index (χ0) is 9.84. The lowest BCUT2D eigenvalue weighted by atomic mass is 10.1. The van der Waals surface area contributed by atoms with Gasteiger partial charge in [-0.15, -0.1) is 0 Å². The summed E-state index contributed by atoms with van der Waals surface area (Å²) in [6.45, 7) is 0. The fraction of sp³-hybridized carbons (Fsp3) is 0.429. The van der Waals surface area contributed by atoms with Gasteiger partial charge in [0.25, 0.3) is 0 Å². The van der Waals surface area contributed by atoms with Crippen LogP contribution in [0.25, 0.3) is 0 Å². The van der Waals surface area contributed by atoms with Gasteiger partial charge >= 0.3 is 12.0 Å². The number of aliphatic imine (C=N–C) groups is 1. The van der Waals surface area contributed by atoms with E-state index in [0.29, 0.717) is 0 Å². The van der Waals surface area contributed by atoms with Crippen LogP contribution >= 0.6 is 0 Å². The third kappa shape index (κ3) is 2.36. The Hall–Kier alpha value is -1.72. The lowest BCUT2D eigenvalue weighted by Gasteiger charge is -2.12. The van der Waals surface area contributed by atoms with Gasteiger partial charge in [-0.2, -0.15) is 0 Å². The first-order valence-electron chi connectivity index (χ1n) is 3.59. The number of nitrogens with one attached hydrogen (secondary N) is 1. The molecule has 0 aromatic carbocycles. The molecule has 1 heterocycles. The van der Waals surface area contributed by atoms with Crippen molar-refractivity contribution in [2.24, 2.45) is 10.9 Å². The Kier molecular flexibility index (Phi) is 2.73. The van der Waals surface area contributed by atoms with E-state index < -0.39 is 23.8 Å². The Labute approximate surface area is 74.0 Å². The third-order valence-corrected chi connectivity index (χ3v) is 1.55. The highest BCUT2D eigenvalue weighted by Gasteiger charge is 2.25. The van der Waals surface area contributed by atoms with Gasteiger partial charge < -0.3 is 4.74 Å². The van der Waals surface area contributed by atoms with Gasteiger partial charge in [-0.3, -0.25) is 14.9 Å². The molecule has 13 heavy (non-hydrogen) atoms. The quantitative estimate of drug-likeness (QED) is 0.585. The number of nitrogens with zero attached hydrogens (tertiary/aromatic N) is 1. The topological polar surface area (TPSA) is 84.8 Å². The van der Waals surface area contributed by atoms with E-state index in [1.54, 1.807) is 0 Å². The van der Waals surface area contributed by atoms with Crippen LogP contribution in [0.5, 0.6) is 0 Å². The summed E-state index contributed by atoms with van der Waals surface area (Å²) < 4.78 is 4.36. The third-order valence-electron chi connectivity index (χ3n) is 1.55. The second-order valence-corrected chi connectivity index (χ2v) is 2.46. The molecule has 0 aliphatic carbocycles. The maximum atomic E-state index is 11.0. The molecule has 1 N–H and O–H groups in total. The van der Waals surface area contributed by atoms with Gasteiger partial charge in [-0.1, -0.05) is 0 Å². The number of hydrogen-bond donors (Lipinski definition) is 1. The number of esters is 1. The van der Waals surface area contributed by atoms with Crippen molar-refractivity contribution in [2.45, 2.75) is 6.42 Å². The number of urea groups is 1. The van der Waals surface area contributed by atoms with E-state index in [4.69, 9.17) is 0 Å². The van der Waals surface area contributed by atoms with Crippen LogP contribution in [0.2, 0.25) is 0 Å². The molecular formula is C7H8N2O4. The molecule has 0 saturated carbocycles. The van der Waals surface area contributed by atoms with Crippen molar-refractivity contribution in [3.05, 3.63) is 0 Å². The molecule has 0 saturated heterocycles. The molecule has 1 unspecified atom stereocenters. The lowest BCUT2D eigenvalue weighted by molar-refractivity contribution is -0.143. The summed E-state index contributed by atoms with van der Waals surface area (Å²) in [6, 6.07) is -0.703. The standard InChI is InChI=1S/C7H8N2O4/c1-13-5(10)2-4-3-8-7(12)9-6(4)11/h3-4H,2H2,1H3,(H,9,11,12). The van der Waals surface area contributed by atoms with Crippen molar-refractivity contribution in [1.82, 2.24) is 5.32 Å². The van der Waals surface area contributed by atoms with Crippen LogP contribution in [0.3, 0.4) is 0 Å². The molecular weight excluding hydrogens is 176 g/mol. The maximum absolute atomic E-state index is 11.0. The number of hydrogen-bond acceptors (Lipinski definition) is 4. The van der Waals surface area contributed by atoms with E-state index >= 15 is 0 Å². The molecule has 3 amide bonds. The highest BCUT2D eigenvalue weighted by Crippen LogP contribution is 2.05. The van der Waals surface area contributed by atoms with Crippen LogP contribution in [0.1, 0.15) is 6.42 Å². The predicted octanol–water partition coefficient (Wildman–Crippen LogP) is -0.514. The molecule has 1 rings (SSSR count). The number of amides is 3. The summed E-state index contributed by atoms with van der Waals surface area (Å²) in [4.78, 5) is 35.7. The van der Waals surface area contributed by atoms with Gasteiger partial charge in [-0.05, 0) is 0 Å². The van der Waals surface area contributed by atoms with Gasteiger partial charge in [0, 0.05) is 6.21 Å². The SMILES string of the molecule is COC(=O)CC1C=NC(=O)NC1=O. The highest BCUT2D eigenvalue weighted by atomic mass is 16.5. The van der Waals surface area contributed by atoms with Crippen LogP contribution in [0, 0.1) is 5.92 Å². The van der Waals surface area contributed by atoms with Crippen molar-refractivity contribution in [3.63, 3.8) is 0 Å². The molecule has 0 radical (unpaired) electrons. The largest absolute Gasteiger partial charge is 0.469 e. The highest BCUT2D eigenvalue weighted by molar-refractivity contribution is 6.10. The van der Waals surface area contributed by atoms with Crippen molar-refractivity contribution in [3.8, 4) is 0 Å². The van der Waals surface area contributed by atoms with E-state index in [1.807, 2.05) is 5.32 Å². The van der Waals surface area contributed by atoms with Crippen molar-refractivity contribution >= 4 is 24.1 Å².